The topological polar surface area (TPSA) is 43.4 Å². The SMILES string of the molecule is CCCC1CC(NCc2ccnc(OC)c2)CCO1. The fourth-order valence-corrected chi connectivity index (χ4v) is 2.52. The third-order valence-electron chi connectivity index (χ3n) is 3.58. The van der Waals surface area contributed by atoms with E-state index in [4.69, 9.17) is 9.47 Å². The van der Waals surface area contributed by atoms with Crippen molar-refractivity contribution in [2.75, 3.05) is 13.7 Å². The van der Waals surface area contributed by atoms with E-state index in [1.165, 1.54) is 18.4 Å². The molecule has 2 heterocycles. The molecule has 1 fully saturated rings. The summed E-state index contributed by atoms with van der Waals surface area (Å²) in [5, 5.41) is 3.61. The van der Waals surface area contributed by atoms with Crippen molar-refractivity contribution in [1.29, 1.82) is 0 Å². The quantitative estimate of drug-likeness (QED) is 0.857. The fraction of sp³-hybridized carbons (Fsp3) is 0.667. The first-order valence-corrected chi connectivity index (χ1v) is 7.15. The number of rotatable bonds is 6. The molecule has 0 bridgehead atoms. The number of ether oxygens (including phenoxy) is 2. The van der Waals surface area contributed by atoms with Gasteiger partial charge in [-0.1, -0.05) is 13.3 Å². The summed E-state index contributed by atoms with van der Waals surface area (Å²) in [5.41, 5.74) is 1.21. The highest BCUT2D eigenvalue weighted by Crippen LogP contribution is 2.18. The van der Waals surface area contributed by atoms with Crippen LogP contribution in [0.5, 0.6) is 5.88 Å². The lowest BCUT2D eigenvalue weighted by Crippen LogP contribution is -2.38. The highest BCUT2D eigenvalue weighted by molar-refractivity contribution is 5.20. The molecule has 0 amide bonds. The second kappa shape index (κ2) is 7.46. The van der Waals surface area contributed by atoms with E-state index in [1.54, 1.807) is 13.3 Å². The van der Waals surface area contributed by atoms with Crippen molar-refractivity contribution in [3.05, 3.63) is 23.9 Å². The molecule has 1 N–H and O–H groups in total. The Labute approximate surface area is 115 Å². The van der Waals surface area contributed by atoms with E-state index in [-0.39, 0.29) is 0 Å². The first-order chi connectivity index (χ1) is 9.31. The monoisotopic (exact) mass is 264 g/mol. The van der Waals surface area contributed by atoms with Crippen molar-refractivity contribution in [2.45, 2.75) is 51.3 Å². The van der Waals surface area contributed by atoms with Crippen LogP contribution in [0, 0.1) is 0 Å². The lowest BCUT2D eigenvalue weighted by molar-refractivity contribution is -0.00343. The van der Waals surface area contributed by atoms with Gasteiger partial charge < -0.3 is 14.8 Å². The number of nitrogens with one attached hydrogen (secondary N) is 1. The van der Waals surface area contributed by atoms with Crippen LogP contribution in [0.1, 0.15) is 38.2 Å². The molecule has 0 radical (unpaired) electrons. The van der Waals surface area contributed by atoms with Gasteiger partial charge in [0.05, 0.1) is 13.2 Å². The van der Waals surface area contributed by atoms with Crippen molar-refractivity contribution < 1.29 is 9.47 Å². The molecule has 2 rings (SSSR count). The molecule has 4 nitrogen and oxygen atoms in total. The van der Waals surface area contributed by atoms with Crippen molar-refractivity contribution in [3.63, 3.8) is 0 Å². The third-order valence-corrected chi connectivity index (χ3v) is 3.58. The summed E-state index contributed by atoms with van der Waals surface area (Å²) in [7, 11) is 1.65. The number of hydrogen-bond acceptors (Lipinski definition) is 4. The highest BCUT2D eigenvalue weighted by atomic mass is 16.5. The minimum absolute atomic E-state index is 0.434. The molecule has 4 heteroatoms. The Morgan fingerprint density at radius 2 is 2.42 bits per heavy atom. The maximum absolute atomic E-state index is 5.77. The van der Waals surface area contributed by atoms with E-state index in [0.717, 1.165) is 26.0 Å². The average molecular weight is 264 g/mol. The highest BCUT2D eigenvalue weighted by Gasteiger charge is 2.21. The minimum atomic E-state index is 0.434. The summed E-state index contributed by atoms with van der Waals surface area (Å²) < 4.78 is 10.9. The van der Waals surface area contributed by atoms with E-state index < -0.39 is 0 Å². The van der Waals surface area contributed by atoms with Crippen LogP contribution in [0.3, 0.4) is 0 Å². The number of pyridine rings is 1. The van der Waals surface area contributed by atoms with Gasteiger partial charge in [-0.05, 0) is 30.9 Å². The lowest BCUT2D eigenvalue weighted by Gasteiger charge is -2.30. The number of hydrogen-bond donors (Lipinski definition) is 1. The number of methoxy groups -OCH3 is 1. The summed E-state index contributed by atoms with van der Waals surface area (Å²) in [4.78, 5) is 4.12. The van der Waals surface area contributed by atoms with Crippen LogP contribution in [0.15, 0.2) is 18.3 Å². The van der Waals surface area contributed by atoms with Gasteiger partial charge in [0.1, 0.15) is 0 Å². The van der Waals surface area contributed by atoms with Crippen molar-refractivity contribution in [1.82, 2.24) is 10.3 Å². The Bertz CT molecular complexity index is 382. The lowest BCUT2D eigenvalue weighted by atomic mass is 10.00. The van der Waals surface area contributed by atoms with Crippen LogP contribution in [0.2, 0.25) is 0 Å². The maximum atomic E-state index is 5.77. The molecule has 2 atom stereocenters. The third kappa shape index (κ3) is 4.48. The van der Waals surface area contributed by atoms with E-state index in [1.807, 2.05) is 12.1 Å². The molecule has 19 heavy (non-hydrogen) atoms. The van der Waals surface area contributed by atoms with Gasteiger partial charge in [-0.15, -0.1) is 0 Å². The van der Waals surface area contributed by atoms with Crippen LogP contribution in [0.4, 0.5) is 0 Å². The summed E-state index contributed by atoms with van der Waals surface area (Å²) in [6, 6.07) is 4.57. The molecule has 0 aliphatic carbocycles. The molecule has 1 aromatic heterocycles. The molecule has 0 aromatic carbocycles. The van der Waals surface area contributed by atoms with Gasteiger partial charge >= 0.3 is 0 Å². The largest absolute Gasteiger partial charge is 0.481 e. The van der Waals surface area contributed by atoms with Crippen LogP contribution in [-0.4, -0.2) is 30.8 Å². The molecule has 1 aliphatic rings. The van der Waals surface area contributed by atoms with Crippen molar-refractivity contribution in [2.24, 2.45) is 0 Å². The van der Waals surface area contributed by atoms with Gasteiger partial charge in [0.25, 0.3) is 0 Å². The van der Waals surface area contributed by atoms with Gasteiger partial charge in [0, 0.05) is 31.5 Å². The van der Waals surface area contributed by atoms with Gasteiger partial charge in [-0.3, -0.25) is 0 Å². The standard InChI is InChI=1S/C15H24N2O2/c1-3-4-14-10-13(6-8-19-14)17-11-12-5-7-16-15(9-12)18-2/h5,7,9,13-14,17H,3-4,6,8,10-11H2,1-2H3. The van der Waals surface area contributed by atoms with Crippen LogP contribution >= 0.6 is 0 Å². The predicted molar refractivity (Wildman–Crippen MR) is 75.3 cm³/mol. The second-order valence-electron chi connectivity index (χ2n) is 5.09. The fourth-order valence-electron chi connectivity index (χ4n) is 2.52. The molecular formula is C15H24N2O2. The first kappa shape index (κ1) is 14.3. The summed E-state index contributed by atoms with van der Waals surface area (Å²) in [6.07, 6.45) is 6.81. The predicted octanol–water partition coefficient (Wildman–Crippen LogP) is 2.53. The summed E-state index contributed by atoms with van der Waals surface area (Å²) in [6.45, 7) is 3.95. The van der Waals surface area contributed by atoms with E-state index in [0.29, 0.717) is 18.0 Å². The molecule has 1 aliphatic heterocycles. The smallest absolute Gasteiger partial charge is 0.213 e. The maximum Gasteiger partial charge on any atom is 0.213 e. The first-order valence-electron chi connectivity index (χ1n) is 7.15. The van der Waals surface area contributed by atoms with Crippen molar-refractivity contribution in [3.8, 4) is 5.88 Å². The molecule has 0 spiro atoms. The average Bonchev–Trinajstić information content (AvgIpc) is 2.46. The Morgan fingerprint density at radius 1 is 1.53 bits per heavy atom. The zero-order valence-electron chi connectivity index (χ0n) is 11.9. The molecule has 2 unspecified atom stereocenters. The summed E-state index contributed by atoms with van der Waals surface area (Å²) >= 11 is 0. The van der Waals surface area contributed by atoms with Crippen LogP contribution in [0.25, 0.3) is 0 Å². The zero-order valence-corrected chi connectivity index (χ0v) is 11.9. The van der Waals surface area contributed by atoms with Crippen molar-refractivity contribution >= 4 is 0 Å². The molecule has 0 saturated carbocycles. The van der Waals surface area contributed by atoms with Gasteiger partial charge in [0.15, 0.2) is 0 Å². The summed E-state index contributed by atoms with van der Waals surface area (Å²) in [5.74, 6) is 0.676. The Balaban J connectivity index is 1.80. The Hall–Kier alpha value is -1.13. The van der Waals surface area contributed by atoms with Gasteiger partial charge in [-0.2, -0.15) is 0 Å². The van der Waals surface area contributed by atoms with Gasteiger partial charge in [0.2, 0.25) is 5.88 Å². The Morgan fingerprint density at radius 3 is 3.21 bits per heavy atom. The minimum Gasteiger partial charge on any atom is -0.481 e. The normalized spacial score (nSPS) is 23.3. The number of nitrogens with zero attached hydrogens (tertiary/aromatic N) is 1. The second-order valence-corrected chi connectivity index (χ2v) is 5.09. The van der Waals surface area contributed by atoms with Crippen LogP contribution in [-0.2, 0) is 11.3 Å². The number of aromatic nitrogens is 1. The van der Waals surface area contributed by atoms with Gasteiger partial charge in [-0.25, -0.2) is 4.98 Å². The zero-order chi connectivity index (χ0) is 13.5. The molecule has 1 saturated heterocycles. The van der Waals surface area contributed by atoms with E-state index in [2.05, 4.69) is 17.2 Å². The molecular weight excluding hydrogens is 240 g/mol. The van der Waals surface area contributed by atoms with E-state index in [9.17, 15) is 0 Å². The van der Waals surface area contributed by atoms with Crippen LogP contribution < -0.4 is 10.1 Å². The molecule has 1 aromatic rings. The van der Waals surface area contributed by atoms with E-state index >= 15 is 0 Å². The Kier molecular flexibility index (Phi) is 5.61. The molecule has 106 valence electrons.